The minimum Gasteiger partial charge on any atom is -0.507 e. The number of phenols is 2. The molecule has 1 heterocycles. The Kier molecular flexibility index (Phi) is 20.2. The third-order valence-electron chi connectivity index (χ3n) is 12.7. The smallest absolute Gasteiger partial charge is 0.303 e. The molecule has 0 aromatic heterocycles. The van der Waals surface area contributed by atoms with Crippen molar-refractivity contribution in [3.8, 4) is 17.2 Å². The molecule has 3 unspecified atom stereocenters. The summed E-state index contributed by atoms with van der Waals surface area (Å²) < 4.78 is 13.2. The number of carbonyl (C=O) groups excluding carboxylic acids is 3. The first-order chi connectivity index (χ1) is 29.6. The van der Waals surface area contributed by atoms with Gasteiger partial charge in [-0.2, -0.15) is 0 Å². The third-order valence-corrected chi connectivity index (χ3v) is 12.7. The Labute approximate surface area is 378 Å². The fourth-order valence-corrected chi connectivity index (χ4v) is 8.70. The minimum atomic E-state index is -1.28. The number of nitrogens with one attached hydrogen (secondary N) is 1. The van der Waals surface area contributed by atoms with E-state index in [9.17, 15) is 29.4 Å². The molecule has 1 aromatic carbocycles. The van der Waals surface area contributed by atoms with Crippen LogP contribution in [0.3, 0.4) is 0 Å². The van der Waals surface area contributed by atoms with Crippen molar-refractivity contribution < 1.29 is 44.0 Å². The van der Waals surface area contributed by atoms with Gasteiger partial charge in [0.15, 0.2) is 11.6 Å². The first-order valence-electron chi connectivity index (χ1n) is 23.4. The number of aliphatic carboxylic acids is 1. The van der Waals surface area contributed by atoms with Crippen LogP contribution in [0.1, 0.15) is 194 Å². The van der Waals surface area contributed by atoms with Crippen molar-refractivity contribution in [2.24, 2.45) is 11.3 Å². The highest BCUT2D eigenvalue weighted by Crippen LogP contribution is 2.51. The molecule has 0 spiro atoms. The van der Waals surface area contributed by atoms with Crippen LogP contribution in [0.4, 0.5) is 0 Å². The number of phenolic OH excluding ortho intramolecular Hbond substituents is 2. The van der Waals surface area contributed by atoms with Gasteiger partial charge in [0.2, 0.25) is 5.91 Å². The average Bonchev–Trinajstić information content (AvgIpc) is 3.19. The maximum absolute atomic E-state index is 14.8. The van der Waals surface area contributed by atoms with E-state index >= 15 is 0 Å². The highest BCUT2D eigenvalue weighted by molar-refractivity contribution is 6.13. The predicted octanol–water partition coefficient (Wildman–Crippen LogP) is 12.3. The van der Waals surface area contributed by atoms with Crippen molar-refractivity contribution in [2.45, 2.75) is 196 Å². The molecule has 3 rings (SSSR count). The van der Waals surface area contributed by atoms with Gasteiger partial charge >= 0.3 is 5.97 Å². The van der Waals surface area contributed by atoms with Crippen molar-refractivity contribution >= 4 is 29.5 Å². The predicted molar refractivity (Wildman–Crippen MR) is 253 cm³/mol. The number of amides is 1. The van der Waals surface area contributed by atoms with Gasteiger partial charge in [-0.05, 0) is 125 Å². The number of rotatable bonds is 25. The number of ketones is 2. The van der Waals surface area contributed by atoms with Gasteiger partial charge in [-0.25, -0.2) is 0 Å². The lowest BCUT2D eigenvalue weighted by atomic mass is 9.59. The maximum Gasteiger partial charge on any atom is 0.303 e. The van der Waals surface area contributed by atoms with E-state index in [1.807, 2.05) is 74.5 Å². The fraction of sp³-hybridized carbons (Fsp3) is 0.623. The number of ether oxygens (including phenoxy) is 2. The molecule has 0 saturated heterocycles. The van der Waals surface area contributed by atoms with Crippen molar-refractivity contribution in [1.29, 1.82) is 0 Å². The van der Waals surface area contributed by atoms with Gasteiger partial charge < -0.3 is 30.1 Å². The number of unbranched alkanes of at least 4 members (excludes halogenated alkanes) is 8. The zero-order valence-electron chi connectivity index (χ0n) is 40.4. The number of hydrogen-bond acceptors (Lipinski definition) is 8. The number of carboxylic acids is 1. The number of carbonyl (C=O) groups is 4. The quantitative estimate of drug-likeness (QED) is 0.0324. The van der Waals surface area contributed by atoms with Gasteiger partial charge in [0.1, 0.15) is 34.0 Å². The van der Waals surface area contributed by atoms with Crippen LogP contribution >= 0.6 is 0 Å². The maximum atomic E-state index is 14.8. The van der Waals surface area contributed by atoms with Crippen LogP contribution in [0, 0.1) is 11.3 Å². The molecule has 10 heteroatoms. The molecule has 1 saturated carbocycles. The summed E-state index contributed by atoms with van der Waals surface area (Å²) >= 11 is 0. The van der Waals surface area contributed by atoms with Gasteiger partial charge in [0, 0.05) is 41.9 Å². The summed E-state index contributed by atoms with van der Waals surface area (Å²) in [5.41, 5.74) is 0.916. The molecule has 0 radical (unpaired) electrons. The number of Topliss-reactive ketones (excluding diaryl/α,β-unsaturated/α-hetero) is 2. The number of hydrogen-bond donors (Lipinski definition) is 4. The van der Waals surface area contributed by atoms with Crippen LogP contribution in [-0.2, 0) is 25.5 Å². The lowest BCUT2D eigenvalue weighted by Crippen LogP contribution is -2.59. The van der Waals surface area contributed by atoms with E-state index < -0.39 is 34.3 Å². The van der Waals surface area contributed by atoms with Gasteiger partial charge in [-0.3, -0.25) is 19.2 Å². The summed E-state index contributed by atoms with van der Waals surface area (Å²) in [5.74, 6) is -2.70. The normalized spacial score (nSPS) is 20.8. The summed E-state index contributed by atoms with van der Waals surface area (Å²) in [6.07, 6.45) is 23.3. The largest absolute Gasteiger partial charge is 0.507 e. The first kappa shape index (κ1) is 52.9. The molecule has 2 aliphatic rings. The van der Waals surface area contributed by atoms with E-state index in [1.165, 1.54) is 5.57 Å². The van der Waals surface area contributed by atoms with Gasteiger partial charge in [-0.15, -0.1) is 0 Å². The van der Waals surface area contributed by atoms with Crippen molar-refractivity contribution in [1.82, 2.24) is 5.32 Å². The molecular formula is C53H79NO9. The van der Waals surface area contributed by atoms with E-state index in [2.05, 4.69) is 11.4 Å². The van der Waals surface area contributed by atoms with E-state index in [0.29, 0.717) is 48.3 Å². The molecule has 1 aliphatic heterocycles. The van der Waals surface area contributed by atoms with Crippen LogP contribution in [0.5, 0.6) is 17.2 Å². The molecule has 1 amide bonds. The summed E-state index contributed by atoms with van der Waals surface area (Å²) in [4.78, 5) is 53.0. The van der Waals surface area contributed by atoms with Crippen LogP contribution in [0.25, 0.3) is 6.08 Å². The molecule has 3 atom stereocenters. The monoisotopic (exact) mass is 874 g/mol. The van der Waals surface area contributed by atoms with Gasteiger partial charge in [0.05, 0.1) is 11.7 Å². The zero-order chi connectivity index (χ0) is 47.1. The third kappa shape index (κ3) is 14.8. The Morgan fingerprint density at radius 2 is 1.46 bits per heavy atom. The Balaban J connectivity index is 1.81. The molecule has 10 nitrogen and oxygen atoms in total. The van der Waals surface area contributed by atoms with Crippen LogP contribution in [0.2, 0.25) is 0 Å². The Hall–Kier alpha value is -4.44. The van der Waals surface area contributed by atoms with E-state index in [4.69, 9.17) is 14.6 Å². The zero-order valence-corrected chi connectivity index (χ0v) is 40.4. The second kappa shape index (κ2) is 24.0. The second-order valence-electron chi connectivity index (χ2n) is 19.6. The van der Waals surface area contributed by atoms with Crippen molar-refractivity contribution in [3.63, 3.8) is 0 Å². The molecule has 1 aliphatic carbocycles. The molecule has 1 fully saturated rings. The standard InChI is InChI=1S/C53H79NO9/c1-35(2)22-21-29-52(11)31-28-42-47(59)44(46(58)41(48(42)63-52)25-24-36(3)4)45(57)39(8)34-40-27-30-51(9,10)53(49(40)60,62-37(5)6)32-26-38(7)50(61)54-33-20-18-16-14-12-13-15-17-19-23-43(55)56/h22,24,26,28,31,34,37,40,58-59H,12-21,23,25,27,29-30,32-33H2,1-11H3,(H,54,61)(H,55,56)/b38-26-,39-34+. The lowest BCUT2D eigenvalue weighted by molar-refractivity contribution is -0.185. The molecule has 63 heavy (non-hydrogen) atoms. The van der Waals surface area contributed by atoms with Gasteiger partial charge in [0.25, 0.3) is 0 Å². The first-order valence-corrected chi connectivity index (χ1v) is 23.4. The van der Waals surface area contributed by atoms with Crippen molar-refractivity contribution in [2.75, 3.05) is 6.54 Å². The SMILES string of the molecule is CC(C)=CCCC1(C)C=Cc2c(O)c(C(=O)/C(C)=C/C3CCC(C)(C)C(C/C=C(/C)C(=O)NCCCCCCCCCCCC(=O)O)(OC(C)C)C3=O)c(O)c(CC=C(C)C)c2O1. The van der Waals surface area contributed by atoms with E-state index in [1.54, 1.807) is 32.1 Å². The number of carboxylic acid groups (broad SMARTS) is 1. The highest BCUT2D eigenvalue weighted by Gasteiger charge is 2.56. The molecular weight excluding hydrogens is 795 g/mol. The summed E-state index contributed by atoms with van der Waals surface area (Å²) in [6.45, 7) is 21.7. The van der Waals surface area contributed by atoms with Gasteiger partial charge in [-0.1, -0.05) is 94.2 Å². The number of fused-ring (bicyclic) bond motifs is 1. The Morgan fingerprint density at radius 3 is 2.05 bits per heavy atom. The Morgan fingerprint density at radius 1 is 0.857 bits per heavy atom. The fourth-order valence-electron chi connectivity index (χ4n) is 8.70. The average molecular weight is 874 g/mol. The molecule has 350 valence electrons. The van der Waals surface area contributed by atoms with Crippen LogP contribution in [0.15, 0.2) is 52.7 Å². The topological polar surface area (TPSA) is 159 Å². The molecule has 0 bridgehead atoms. The van der Waals surface area contributed by atoms with Crippen LogP contribution < -0.4 is 10.1 Å². The summed E-state index contributed by atoms with van der Waals surface area (Å²) in [6, 6.07) is 0. The number of benzene rings is 1. The van der Waals surface area contributed by atoms with E-state index in [-0.39, 0.29) is 59.7 Å². The molecule has 4 N–H and O–H groups in total. The highest BCUT2D eigenvalue weighted by atomic mass is 16.5. The Bertz CT molecular complexity index is 1940. The second-order valence-corrected chi connectivity index (χ2v) is 19.6. The number of aromatic hydroxyl groups is 2. The minimum absolute atomic E-state index is 0.170. The van der Waals surface area contributed by atoms with Crippen LogP contribution in [-0.4, -0.2) is 62.6 Å². The summed E-state index contributed by atoms with van der Waals surface area (Å²) in [7, 11) is 0. The summed E-state index contributed by atoms with van der Waals surface area (Å²) in [5, 5.41) is 35.3. The number of allylic oxidation sites excluding steroid dienone is 6. The lowest BCUT2D eigenvalue weighted by Gasteiger charge is -2.51. The molecule has 1 aromatic rings. The van der Waals surface area contributed by atoms with Crippen molar-refractivity contribution in [3.05, 3.63) is 69.4 Å². The van der Waals surface area contributed by atoms with E-state index in [0.717, 1.165) is 69.8 Å².